The Morgan fingerprint density at radius 1 is 1.33 bits per heavy atom. The van der Waals surface area contributed by atoms with Crippen molar-refractivity contribution in [3.05, 3.63) is 29.6 Å². The average molecular weight is 288 g/mol. The van der Waals surface area contributed by atoms with Gasteiger partial charge in [-0.25, -0.2) is 4.79 Å². The van der Waals surface area contributed by atoms with E-state index in [4.69, 9.17) is 0 Å². The molecule has 0 radical (unpaired) electrons. The van der Waals surface area contributed by atoms with E-state index >= 15 is 0 Å². The average Bonchev–Trinajstić information content (AvgIpc) is 3.08. The van der Waals surface area contributed by atoms with Crippen molar-refractivity contribution in [2.75, 3.05) is 0 Å². The summed E-state index contributed by atoms with van der Waals surface area (Å²) in [6.45, 7) is 6.11. The number of carboxylic acid groups (broad SMARTS) is 1. The van der Waals surface area contributed by atoms with Gasteiger partial charge in [-0.05, 0) is 30.9 Å². The molecule has 1 aliphatic carbocycles. The number of nitrogens with zero attached hydrogens (tertiary/aromatic N) is 2. The van der Waals surface area contributed by atoms with Gasteiger partial charge in [-0.3, -0.25) is 9.78 Å². The summed E-state index contributed by atoms with van der Waals surface area (Å²) >= 11 is 0. The van der Waals surface area contributed by atoms with Crippen molar-refractivity contribution in [3.8, 4) is 0 Å². The number of pyridine rings is 1. The number of carbonyl (C=O) groups excluding carboxylic acids is 1. The molecule has 2 heterocycles. The molecule has 1 N–H and O–H groups in total. The molecule has 0 aromatic carbocycles. The number of likely N-dealkylation sites (tertiary alicyclic amines) is 1. The highest BCUT2D eigenvalue weighted by Gasteiger charge is 2.56. The van der Waals surface area contributed by atoms with Gasteiger partial charge in [0.15, 0.2) is 0 Å². The molecular weight excluding hydrogens is 268 g/mol. The molecule has 1 unspecified atom stereocenters. The van der Waals surface area contributed by atoms with E-state index in [1.54, 1.807) is 23.2 Å². The van der Waals surface area contributed by atoms with E-state index in [0.29, 0.717) is 17.9 Å². The van der Waals surface area contributed by atoms with E-state index in [2.05, 4.69) is 4.98 Å². The normalized spacial score (nSPS) is 27.4. The lowest BCUT2D eigenvalue weighted by atomic mass is 9.90. The van der Waals surface area contributed by atoms with Crippen LogP contribution < -0.4 is 0 Å². The van der Waals surface area contributed by atoms with Crippen LogP contribution in [0.5, 0.6) is 0 Å². The Kier molecular flexibility index (Phi) is 3.04. The number of fused-ring (bicyclic) bond motifs is 1. The summed E-state index contributed by atoms with van der Waals surface area (Å²) in [6.07, 6.45) is 3.15. The molecule has 1 aliphatic heterocycles. The Bertz CT molecular complexity index is 606. The fourth-order valence-electron chi connectivity index (χ4n) is 3.09. The number of hydrogen-bond donors (Lipinski definition) is 1. The van der Waals surface area contributed by atoms with Crippen LogP contribution in [0.4, 0.5) is 0 Å². The van der Waals surface area contributed by atoms with Gasteiger partial charge in [-0.1, -0.05) is 20.8 Å². The van der Waals surface area contributed by atoms with Crippen LogP contribution in [-0.2, 0) is 10.2 Å². The van der Waals surface area contributed by atoms with E-state index in [0.717, 1.165) is 12.1 Å². The topological polar surface area (TPSA) is 70.5 Å². The van der Waals surface area contributed by atoms with Gasteiger partial charge in [0.05, 0.1) is 0 Å². The maximum absolute atomic E-state index is 12.7. The van der Waals surface area contributed by atoms with E-state index in [1.807, 2.05) is 20.8 Å². The van der Waals surface area contributed by atoms with Crippen LogP contribution in [-0.4, -0.2) is 39.0 Å². The summed E-state index contributed by atoms with van der Waals surface area (Å²) in [4.78, 5) is 29.9. The first-order valence-electron chi connectivity index (χ1n) is 7.31. The molecule has 1 aromatic heterocycles. The lowest BCUT2D eigenvalue weighted by Crippen LogP contribution is -2.43. The first-order valence-corrected chi connectivity index (χ1v) is 7.31. The number of aromatic nitrogens is 1. The zero-order valence-electron chi connectivity index (χ0n) is 12.5. The predicted molar refractivity (Wildman–Crippen MR) is 77.0 cm³/mol. The van der Waals surface area contributed by atoms with E-state index in [9.17, 15) is 14.7 Å². The third-order valence-corrected chi connectivity index (χ3v) is 4.40. The molecular formula is C16H20N2O3. The number of aliphatic carboxylic acids is 1. The lowest BCUT2D eigenvalue weighted by molar-refractivity contribution is -0.141. The summed E-state index contributed by atoms with van der Waals surface area (Å²) in [5, 5.41) is 9.30. The number of carboxylic acids is 1. The lowest BCUT2D eigenvalue weighted by Gasteiger charge is -2.25. The van der Waals surface area contributed by atoms with Crippen LogP contribution in [0.1, 0.15) is 49.7 Å². The third kappa shape index (κ3) is 2.41. The first kappa shape index (κ1) is 14.0. The molecule has 3 atom stereocenters. The number of carbonyl (C=O) groups is 2. The van der Waals surface area contributed by atoms with E-state index in [1.165, 1.54) is 0 Å². The second-order valence-electron chi connectivity index (χ2n) is 7.05. The van der Waals surface area contributed by atoms with Crippen molar-refractivity contribution in [2.45, 2.75) is 51.1 Å². The molecule has 2 fully saturated rings. The molecule has 112 valence electrons. The molecule has 5 heteroatoms. The van der Waals surface area contributed by atoms with Crippen LogP contribution in [0.25, 0.3) is 0 Å². The van der Waals surface area contributed by atoms with E-state index in [-0.39, 0.29) is 17.4 Å². The molecule has 0 spiro atoms. The Labute approximate surface area is 124 Å². The minimum absolute atomic E-state index is 0.116. The van der Waals surface area contributed by atoms with Crippen LogP contribution in [0.3, 0.4) is 0 Å². The highest BCUT2D eigenvalue weighted by atomic mass is 16.4. The molecule has 2 aliphatic rings. The second-order valence-corrected chi connectivity index (χ2v) is 7.05. The van der Waals surface area contributed by atoms with Crippen molar-refractivity contribution < 1.29 is 14.7 Å². The summed E-state index contributed by atoms with van der Waals surface area (Å²) in [5.74, 6) is -0.708. The maximum Gasteiger partial charge on any atom is 0.326 e. The van der Waals surface area contributed by atoms with Crippen molar-refractivity contribution in [1.29, 1.82) is 0 Å². The highest BCUT2D eigenvalue weighted by molar-refractivity contribution is 5.97. The van der Waals surface area contributed by atoms with Crippen LogP contribution in [0, 0.1) is 5.92 Å². The van der Waals surface area contributed by atoms with Gasteiger partial charge >= 0.3 is 5.97 Å². The van der Waals surface area contributed by atoms with Gasteiger partial charge in [0.25, 0.3) is 5.91 Å². The van der Waals surface area contributed by atoms with Crippen LogP contribution in [0.2, 0.25) is 0 Å². The summed E-state index contributed by atoms with van der Waals surface area (Å²) in [7, 11) is 0. The van der Waals surface area contributed by atoms with Gasteiger partial charge in [0.1, 0.15) is 6.04 Å². The molecule has 0 bridgehead atoms. The molecule has 21 heavy (non-hydrogen) atoms. The summed E-state index contributed by atoms with van der Waals surface area (Å²) < 4.78 is 0. The fraction of sp³-hybridized carbons (Fsp3) is 0.562. The van der Waals surface area contributed by atoms with Crippen LogP contribution in [0.15, 0.2) is 18.3 Å². The summed E-state index contributed by atoms with van der Waals surface area (Å²) in [6, 6.07) is 2.90. The minimum Gasteiger partial charge on any atom is -0.480 e. The zero-order valence-corrected chi connectivity index (χ0v) is 12.5. The molecule has 3 rings (SSSR count). The van der Waals surface area contributed by atoms with Gasteiger partial charge in [-0.2, -0.15) is 0 Å². The molecule has 1 saturated heterocycles. The second kappa shape index (κ2) is 4.55. The monoisotopic (exact) mass is 288 g/mol. The van der Waals surface area contributed by atoms with Crippen molar-refractivity contribution in [1.82, 2.24) is 9.88 Å². The van der Waals surface area contributed by atoms with Gasteiger partial charge in [0.2, 0.25) is 0 Å². The maximum atomic E-state index is 12.7. The Balaban J connectivity index is 1.90. The highest BCUT2D eigenvalue weighted by Crippen LogP contribution is 2.48. The summed E-state index contributed by atoms with van der Waals surface area (Å²) in [5.41, 5.74) is 1.23. The van der Waals surface area contributed by atoms with Gasteiger partial charge in [0, 0.05) is 28.9 Å². The standard InChI is InChI=1S/C16H20N2O3/c1-16(2,3)13-8-9(4-5-17-13)14(19)18-11-6-10(11)7-12(18)15(20)21/h4-5,8,10-12H,6-7H2,1-3H3,(H,20,21)/t10?,11-,12-/m1/s1. The molecule has 5 nitrogen and oxygen atoms in total. The Morgan fingerprint density at radius 2 is 2.05 bits per heavy atom. The van der Waals surface area contributed by atoms with Gasteiger partial charge in [-0.15, -0.1) is 0 Å². The molecule has 1 aromatic rings. The molecule has 1 amide bonds. The fourth-order valence-corrected chi connectivity index (χ4v) is 3.09. The largest absolute Gasteiger partial charge is 0.480 e. The number of rotatable bonds is 2. The number of piperidine rings is 1. The van der Waals surface area contributed by atoms with Crippen molar-refractivity contribution in [2.24, 2.45) is 5.92 Å². The van der Waals surface area contributed by atoms with Crippen LogP contribution >= 0.6 is 0 Å². The van der Waals surface area contributed by atoms with Crippen molar-refractivity contribution >= 4 is 11.9 Å². The number of amides is 1. The molecule has 1 saturated carbocycles. The predicted octanol–water partition coefficient (Wildman–Crippen LogP) is 2.07. The first-order chi connectivity index (χ1) is 9.79. The van der Waals surface area contributed by atoms with Crippen molar-refractivity contribution in [3.63, 3.8) is 0 Å². The third-order valence-electron chi connectivity index (χ3n) is 4.40. The Hall–Kier alpha value is -1.91. The SMILES string of the molecule is CC(C)(C)c1cc(C(=O)N2[C@@H](C(=O)O)CC3C[C@H]32)ccn1. The van der Waals surface area contributed by atoms with E-state index < -0.39 is 12.0 Å². The quantitative estimate of drug-likeness (QED) is 0.904. The smallest absolute Gasteiger partial charge is 0.326 e. The zero-order chi connectivity index (χ0) is 15.4. The minimum atomic E-state index is -0.902. The van der Waals surface area contributed by atoms with Gasteiger partial charge < -0.3 is 10.0 Å². The Morgan fingerprint density at radius 3 is 2.67 bits per heavy atom. The number of hydrogen-bond acceptors (Lipinski definition) is 3.